The van der Waals surface area contributed by atoms with E-state index < -0.39 is 17.8 Å². The number of halogens is 1. The summed E-state index contributed by atoms with van der Waals surface area (Å²) in [6, 6.07) is 2.83. The Morgan fingerprint density at radius 2 is 2.05 bits per heavy atom. The van der Waals surface area contributed by atoms with Gasteiger partial charge >= 0.3 is 5.97 Å². The second-order valence-electron chi connectivity index (χ2n) is 4.17. The van der Waals surface area contributed by atoms with Crippen LogP contribution in [0.25, 0.3) is 0 Å². The molecule has 19 heavy (non-hydrogen) atoms. The van der Waals surface area contributed by atoms with Gasteiger partial charge in [0.25, 0.3) is 0 Å². The van der Waals surface area contributed by atoms with E-state index in [1.54, 1.807) is 20.1 Å². The normalized spacial score (nSPS) is 13.7. The number of rotatable bonds is 5. The van der Waals surface area contributed by atoms with E-state index in [4.69, 9.17) is 0 Å². The standard InChI is InChI=1S/C13H16FNO3S/c1-7-6-9(4-5-10(7)14)11(13(17)18)15-12(16)8(2)19-3/h4-6,8,11H,1-3H3,(H,15,16)(H,17,18). The highest BCUT2D eigenvalue weighted by molar-refractivity contribution is 7.99. The summed E-state index contributed by atoms with van der Waals surface area (Å²) in [6.07, 6.45) is 1.77. The Labute approximate surface area is 115 Å². The van der Waals surface area contributed by atoms with Crippen molar-refractivity contribution in [3.63, 3.8) is 0 Å². The molecular weight excluding hydrogens is 269 g/mol. The highest BCUT2D eigenvalue weighted by atomic mass is 32.2. The number of thioether (sulfide) groups is 1. The summed E-state index contributed by atoms with van der Waals surface area (Å²) in [5.41, 5.74) is 0.698. The largest absolute Gasteiger partial charge is 0.479 e. The van der Waals surface area contributed by atoms with Gasteiger partial charge < -0.3 is 10.4 Å². The second-order valence-corrected chi connectivity index (χ2v) is 5.34. The van der Waals surface area contributed by atoms with Gasteiger partial charge in [-0.2, -0.15) is 11.8 Å². The maximum atomic E-state index is 13.2. The van der Waals surface area contributed by atoms with Crippen LogP contribution in [0.2, 0.25) is 0 Å². The Bertz CT molecular complexity index is 493. The highest BCUT2D eigenvalue weighted by Gasteiger charge is 2.24. The molecule has 1 aromatic carbocycles. The lowest BCUT2D eigenvalue weighted by Crippen LogP contribution is -2.38. The van der Waals surface area contributed by atoms with E-state index >= 15 is 0 Å². The zero-order chi connectivity index (χ0) is 14.6. The van der Waals surface area contributed by atoms with Crippen molar-refractivity contribution in [1.29, 1.82) is 0 Å². The lowest BCUT2D eigenvalue weighted by atomic mass is 10.0. The molecule has 0 spiro atoms. The van der Waals surface area contributed by atoms with Crippen molar-refractivity contribution >= 4 is 23.6 Å². The zero-order valence-corrected chi connectivity index (χ0v) is 11.8. The van der Waals surface area contributed by atoms with Gasteiger partial charge in [-0.05, 0) is 37.3 Å². The Morgan fingerprint density at radius 3 is 2.53 bits per heavy atom. The van der Waals surface area contributed by atoms with Crippen LogP contribution in [0.3, 0.4) is 0 Å². The van der Waals surface area contributed by atoms with Crippen LogP contribution in [0.15, 0.2) is 18.2 Å². The molecule has 104 valence electrons. The average Bonchev–Trinajstić information content (AvgIpc) is 2.37. The number of carbonyl (C=O) groups excluding carboxylic acids is 1. The molecule has 1 rings (SSSR count). The molecule has 1 aromatic rings. The van der Waals surface area contributed by atoms with Gasteiger partial charge in [-0.3, -0.25) is 4.79 Å². The van der Waals surface area contributed by atoms with E-state index in [0.717, 1.165) is 0 Å². The van der Waals surface area contributed by atoms with Gasteiger partial charge in [0, 0.05) is 0 Å². The summed E-state index contributed by atoms with van der Waals surface area (Å²) < 4.78 is 13.2. The molecule has 0 heterocycles. The molecule has 0 aliphatic carbocycles. The van der Waals surface area contributed by atoms with Gasteiger partial charge in [0.15, 0.2) is 6.04 Å². The summed E-state index contributed by atoms with van der Waals surface area (Å²) >= 11 is 1.32. The van der Waals surface area contributed by atoms with E-state index in [0.29, 0.717) is 11.1 Å². The van der Waals surface area contributed by atoms with Crippen molar-refractivity contribution in [3.05, 3.63) is 35.1 Å². The van der Waals surface area contributed by atoms with Gasteiger partial charge in [0.05, 0.1) is 5.25 Å². The molecule has 2 atom stereocenters. The molecule has 6 heteroatoms. The number of carboxylic acid groups (broad SMARTS) is 1. The lowest BCUT2D eigenvalue weighted by Gasteiger charge is -2.17. The smallest absolute Gasteiger partial charge is 0.330 e. The summed E-state index contributed by atoms with van der Waals surface area (Å²) in [5, 5.41) is 11.3. The fraction of sp³-hybridized carbons (Fsp3) is 0.385. The number of carbonyl (C=O) groups is 2. The zero-order valence-electron chi connectivity index (χ0n) is 10.9. The first-order valence-electron chi connectivity index (χ1n) is 5.68. The van der Waals surface area contributed by atoms with Crippen LogP contribution < -0.4 is 5.32 Å². The molecule has 0 radical (unpaired) electrons. The number of hydrogen-bond acceptors (Lipinski definition) is 3. The number of carboxylic acids is 1. The van der Waals surface area contributed by atoms with Crippen LogP contribution in [-0.2, 0) is 9.59 Å². The maximum Gasteiger partial charge on any atom is 0.330 e. The molecule has 2 unspecified atom stereocenters. The molecule has 2 N–H and O–H groups in total. The molecular formula is C13H16FNO3S. The minimum Gasteiger partial charge on any atom is -0.479 e. The van der Waals surface area contributed by atoms with E-state index in [9.17, 15) is 19.1 Å². The van der Waals surface area contributed by atoms with E-state index in [2.05, 4.69) is 5.32 Å². The van der Waals surface area contributed by atoms with Crippen LogP contribution in [0, 0.1) is 12.7 Å². The van der Waals surface area contributed by atoms with Crippen molar-refractivity contribution in [2.75, 3.05) is 6.26 Å². The number of nitrogens with one attached hydrogen (secondary N) is 1. The van der Waals surface area contributed by atoms with E-state index in [1.165, 1.54) is 30.0 Å². The minimum atomic E-state index is -1.17. The SMILES string of the molecule is CSC(C)C(=O)NC(C(=O)O)c1ccc(F)c(C)c1. The molecule has 1 amide bonds. The Morgan fingerprint density at radius 1 is 1.42 bits per heavy atom. The first-order valence-corrected chi connectivity index (χ1v) is 6.97. The second kappa shape index (κ2) is 6.56. The Hall–Kier alpha value is -1.56. The minimum absolute atomic E-state index is 0.343. The molecule has 0 fully saturated rings. The third-order valence-electron chi connectivity index (χ3n) is 2.77. The number of hydrogen-bond donors (Lipinski definition) is 2. The monoisotopic (exact) mass is 285 g/mol. The Balaban J connectivity index is 2.98. The number of aliphatic carboxylic acids is 1. The fourth-order valence-electron chi connectivity index (χ4n) is 1.50. The number of benzene rings is 1. The molecule has 0 aromatic heterocycles. The van der Waals surface area contributed by atoms with Gasteiger partial charge in [0.2, 0.25) is 5.91 Å². The van der Waals surface area contributed by atoms with Crippen molar-refractivity contribution in [2.24, 2.45) is 0 Å². The van der Waals surface area contributed by atoms with Gasteiger partial charge in [0.1, 0.15) is 5.82 Å². The van der Waals surface area contributed by atoms with E-state index in [1.807, 2.05) is 0 Å². The van der Waals surface area contributed by atoms with Gasteiger partial charge in [-0.15, -0.1) is 0 Å². The molecule has 4 nitrogen and oxygen atoms in total. The molecule has 0 saturated carbocycles. The third-order valence-corrected chi connectivity index (χ3v) is 3.69. The highest BCUT2D eigenvalue weighted by Crippen LogP contribution is 2.18. The summed E-state index contributed by atoms with van der Waals surface area (Å²) in [5.74, 6) is -1.94. The predicted molar refractivity (Wildman–Crippen MR) is 72.6 cm³/mol. The topological polar surface area (TPSA) is 66.4 Å². The van der Waals surface area contributed by atoms with Gasteiger partial charge in [-0.25, -0.2) is 9.18 Å². The van der Waals surface area contributed by atoms with Crippen molar-refractivity contribution in [2.45, 2.75) is 25.1 Å². The van der Waals surface area contributed by atoms with Crippen molar-refractivity contribution in [3.8, 4) is 0 Å². The lowest BCUT2D eigenvalue weighted by molar-refractivity contribution is -0.141. The predicted octanol–water partition coefficient (Wildman–Crippen LogP) is 2.13. The number of amides is 1. The molecule has 0 aliphatic heterocycles. The first kappa shape index (κ1) is 15.5. The van der Waals surface area contributed by atoms with Crippen LogP contribution in [-0.4, -0.2) is 28.5 Å². The summed E-state index contributed by atoms with van der Waals surface area (Å²) in [7, 11) is 0. The fourth-order valence-corrected chi connectivity index (χ4v) is 1.78. The molecule has 0 aliphatic rings. The van der Waals surface area contributed by atoms with Crippen molar-refractivity contribution < 1.29 is 19.1 Å². The maximum absolute atomic E-state index is 13.2. The number of aryl methyl sites for hydroxylation is 1. The third kappa shape index (κ3) is 3.96. The first-order chi connectivity index (χ1) is 8.86. The Kier molecular flexibility index (Phi) is 5.35. The van der Waals surface area contributed by atoms with Gasteiger partial charge in [-0.1, -0.05) is 12.1 Å². The van der Waals surface area contributed by atoms with Crippen LogP contribution in [0.1, 0.15) is 24.1 Å². The van der Waals surface area contributed by atoms with Crippen molar-refractivity contribution in [1.82, 2.24) is 5.32 Å². The quantitative estimate of drug-likeness (QED) is 0.869. The van der Waals surface area contributed by atoms with Crippen LogP contribution >= 0.6 is 11.8 Å². The summed E-state index contributed by atoms with van der Waals surface area (Å²) in [4.78, 5) is 23.0. The molecule has 0 bridgehead atoms. The van der Waals surface area contributed by atoms with E-state index in [-0.39, 0.29) is 11.2 Å². The van der Waals surface area contributed by atoms with Crippen LogP contribution in [0.5, 0.6) is 0 Å². The van der Waals surface area contributed by atoms with Crippen LogP contribution in [0.4, 0.5) is 4.39 Å². The average molecular weight is 285 g/mol. The summed E-state index contributed by atoms with van der Waals surface area (Å²) in [6.45, 7) is 3.24. The molecule has 0 saturated heterocycles.